The van der Waals surface area contributed by atoms with Crippen LogP contribution in [0.25, 0.3) is 0 Å². The van der Waals surface area contributed by atoms with Crippen LogP contribution in [0.15, 0.2) is 30.3 Å². The molecule has 0 aromatic heterocycles. The largest absolute Gasteiger partial charge is 0.383 e. The quantitative estimate of drug-likeness (QED) is 0.746. The number of hydrogen-bond donors (Lipinski definition) is 1. The monoisotopic (exact) mass is 236 g/mol. The van der Waals surface area contributed by atoms with E-state index in [0.717, 1.165) is 19.6 Å². The van der Waals surface area contributed by atoms with Gasteiger partial charge in [0.05, 0.1) is 12.6 Å². The first kappa shape index (κ1) is 14.2. The minimum atomic E-state index is 0.284. The topological polar surface area (TPSA) is 24.5 Å². The molecule has 0 saturated heterocycles. The zero-order chi connectivity index (χ0) is 12.5. The highest BCUT2D eigenvalue weighted by Gasteiger charge is 2.09. The third-order valence-corrected chi connectivity index (χ3v) is 2.96. The van der Waals surface area contributed by atoms with Gasteiger partial charge < -0.3 is 15.0 Å². The predicted octanol–water partition coefficient (Wildman–Crippen LogP) is 1.92. The SMILES string of the molecule is CCN(C)CCNC(COC)c1ccccc1. The van der Waals surface area contributed by atoms with Crippen molar-refractivity contribution in [3.8, 4) is 0 Å². The summed E-state index contributed by atoms with van der Waals surface area (Å²) < 4.78 is 5.27. The second kappa shape index (κ2) is 8.23. The van der Waals surface area contributed by atoms with Crippen LogP contribution in [-0.4, -0.2) is 45.3 Å². The van der Waals surface area contributed by atoms with Crippen LogP contribution in [0.2, 0.25) is 0 Å². The Balaban J connectivity index is 2.44. The molecule has 1 N–H and O–H groups in total. The Labute approximate surface area is 105 Å². The van der Waals surface area contributed by atoms with Crippen molar-refractivity contribution in [2.75, 3.05) is 40.4 Å². The summed E-state index contributed by atoms with van der Waals surface area (Å²) in [7, 11) is 3.88. The lowest BCUT2D eigenvalue weighted by Gasteiger charge is -2.20. The molecule has 0 spiro atoms. The Morgan fingerprint density at radius 3 is 2.59 bits per heavy atom. The van der Waals surface area contributed by atoms with Crippen molar-refractivity contribution in [3.63, 3.8) is 0 Å². The van der Waals surface area contributed by atoms with E-state index in [0.29, 0.717) is 6.61 Å². The van der Waals surface area contributed by atoms with Crippen molar-refractivity contribution in [1.82, 2.24) is 10.2 Å². The van der Waals surface area contributed by atoms with Crippen LogP contribution >= 0.6 is 0 Å². The molecule has 1 unspecified atom stereocenters. The number of benzene rings is 1. The van der Waals surface area contributed by atoms with Crippen molar-refractivity contribution in [2.24, 2.45) is 0 Å². The number of nitrogens with zero attached hydrogens (tertiary/aromatic N) is 1. The van der Waals surface area contributed by atoms with E-state index in [2.05, 4.69) is 48.5 Å². The Morgan fingerprint density at radius 1 is 1.29 bits per heavy atom. The van der Waals surface area contributed by atoms with Gasteiger partial charge >= 0.3 is 0 Å². The fourth-order valence-electron chi connectivity index (χ4n) is 1.71. The Kier molecular flexibility index (Phi) is 6.86. The second-order valence-corrected chi connectivity index (χ2v) is 4.27. The highest BCUT2D eigenvalue weighted by Crippen LogP contribution is 2.12. The van der Waals surface area contributed by atoms with Crippen LogP contribution in [0.5, 0.6) is 0 Å². The van der Waals surface area contributed by atoms with E-state index < -0.39 is 0 Å². The van der Waals surface area contributed by atoms with Gasteiger partial charge in [0.2, 0.25) is 0 Å². The maximum absolute atomic E-state index is 5.27. The lowest BCUT2D eigenvalue weighted by atomic mass is 10.1. The molecule has 96 valence electrons. The molecule has 0 fully saturated rings. The average Bonchev–Trinajstić information content (AvgIpc) is 2.38. The maximum Gasteiger partial charge on any atom is 0.0657 e. The molecule has 1 aromatic carbocycles. The Bertz CT molecular complexity index is 290. The van der Waals surface area contributed by atoms with E-state index in [1.165, 1.54) is 5.56 Å². The van der Waals surface area contributed by atoms with Crippen LogP contribution in [0, 0.1) is 0 Å². The third-order valence-electron chi connectivity index (χ3n) is 2.96. The molecule has 1 rings (SSSR count). The van der Waals surface area contributed by atoms with Crippen LogP contribution in [0.1, 0.15) is 18.5 Å². The van der Waals surface area contributed by atoms with E-state index in [1.807, 2.05) is 6.07 Å². The molecule has 3 nitrogen and oxygen atoms in total. The van der Waals surface area contributed by atoms with E-state index in [4.69, 9.17) is 4.74 Å². The summed E-state index contributed by atoms with van der Waals surface area (Å²) in [6.07, 6.45) is 0. The summed E-state index contributed by atoms with van der Waals surface area (Å²) in [4.78, 5) is 2.29. The highest BCUT2D eigenvalue weighted by molar-refractivity contribution is 5.18. The molecule has 0 saturated carbocycles. The number of methoxy groups -OCH3 is 1. The van der Waals surface area contributed by atoms with Crippen LogP contribution in [0.3, 0.4) is 0 Å². The van der Waals surface area contributed by atoms with Crippen molar-refractivity contribution < 1.29 is 4.74 Å². The Hall–Kier alpha value is -0.900. The fraction of sp³-hybridized carbons (Fsp3) is 0.571. The molecule has 0 bridgehead atoms. The zero-order valence-corrected chi connectivity index (χ0v) is 11.1. The molecule has 0 amide bonds. The molecule has 1 aromatic rings. The second-order valence-electron chi connectivity index (χ2n) is 4.27. The number of likely N-dealkylation sites (N-methyl/N-ethyl adjacent to an activating group) is 1. The molecular weight excluding hydrogens is 212 g/mol. The normalized spacial score (nSPS) is 12.9. The summed E-state index contributed by atoms with van der Waals surface area (Å²) in [5.41, 5.74) is 1.29. The summed E-state index contributed by atoms with van der Waals surface area (Å²) in [5, 5.41) is 3.54. The van der Waals surface area contributed by atoms with Crippen LogP contribution in [0.4, 0.5) is 0 Å². The van der Waals surface area contributed by atoms with Gasteiger partial charge in [-0.1, -0.05) is 37.3 Å². The van der Waals surface area contributed by atoms with Gasteiger partial charge in [0, 0.05) is 20.2 Å². The van der Waals surface area contributed by atoms with Crippen molar-refractivity contribution in [2.45, 2.75) is 13.0 Å². The standard InChI is InChI=1S/C14H24N2O/c1-4-16(2)11-10-15-14(12-17-3)13-8-6-5-7-9-13/h5-9,14-15H,4,10-12H2,1-3H3. The lowest BCUT2D eigenvalue weighted by molar-refractivity contribution is 0.165. The summed E-state index contributed by atoms with van der Waals surface area (Å²) in [6.45, 7) is 6.00. The molecule has 3 heteroatoms. The van der Waals surface area contributed by atoms with Gasteiger partial charge in [-0.3, -0.25) is 0 Å². The van der Waals surface area contributed by atoms with Crippen molar-refractivity contribution in [3.05, 3.63) is 35.9 Å². The number of nitrogens with one attached hydrogen (secondary N) is 1. The molecule has 0 heterocycles. The first-order valence-corrected chi connectivity index (χ1v) is 6.23. The van der Waals surface area contributed by atoms with Gasteiger partial charge in [-0.25, -0.2) is 0 Å². The number of hydrogen-bond acceptors (Lipinski definition) is 3. The van der Waals surface area contributed by atoms with E-state index in [1.54, 1.807) is 7.11 Å². The average molecular weight is 236 g/mol. The van der Waals surface area contributed by atoms with Gasteiger partial charge in [-0.2, -0.15) is 0 Å². The van der Waals surface area contributed by atoms with Crippen molar-refractivity contribution >= 4 is 0 Å². The van der Waals surface area contributed by atoms with E-state index in [-0.39, 0.29) is 6.04 Å². The minimum absolute atomic E-state index is 0.284. The highest BCUT2D eigenvalue weighted by atomic mass is 16.5. The Morgan fingerprint density at radius 2 is 2.00 bits per heavy atom. The molecule has 0 aliphatic heterocycles. The number of rotatable bonds is 8. The smallest absolute Gasteiger partial charge is 0.0657 e. The van der Waals surface area contributed by atoms with Gasteiger partial charge in [-0.05, 0) is 19.2 Å². The van der Waals surface area contributed by atoms with E-state index >= 15 is 0 Å². The van der Waals surface area contributed by atoms with Gasteiger partial charge in [0.1, 0.15) is 0 Å². The van der Waals surface area contributed by atoms with Crippen molar-refractivity contribution in [1.29, 1.82) is 0 Å². The molecule has 17 heavy (non-hydrogen) atoms. The van der Waals surface area contributed by atoms with Crippen LogP contribution in [-0.2, 0) is 4.74 Å². The van der Waals surface area contributed by atoms with Gasteiger partial charge in [-0.15, -0.1) is 0 Å². The van der Waals surface area contributed by atoms with Gasteiger partial charge in [0.25, 0.3) is 0 Å². The fourth-order valence-corrected chi connectivity index (χ4v) is 1.71. The number of ether oxygens (including phenoxy) is 1. The first-order chi connectivity index (χ1) is 8.27. The first-order valence-electron chi connectivity index (χ1n) is 6.23. The minimum Gasteiger partial charge on any atom is -0.383 e. The molecule has 0 aliphatic carbocycles. The molecule has 0 aliphatic rings. The third kappa shape index (κ3) is 5.31. The summed E-state index contributed by atoms with van der Waals surface area (Å²) >= 11 is 0. The predicted molar refractivity (Wildman–Crippen MR) is 72.2 cm³/mol. The molecule has 0 radical (unpaired) electrons. The molecule has 1 atom stereocenters. The maximum atomic E-state index is 5.27. The zero-order valence-electron chi connectivity index (χ0n) is 11.1. The lowest BCUT2D eigenvalue weighted by Crippen LogP contribution is -2.33. The summed E-state index contributed by atoms with van der Waals surface area (Å²) in [6, 6.07) is 10.7. The summed E-state index contributed by atoms with van der Waals surface area (Å²) in [5.74, 6) is 0. The van der Waals surface area contributed by atoms with Crippen LogP contribution < -0.4 is 5.32 Å². The molecular formula is C14H24N2O. The van der Waals surface area contributed by atoms with Gasteiger partial charge in [0.15, 0.2) is 0 Å². The van der Waals surface area contributed by atoms with E-state index in [9.17, 15) is 0 Å².